The number of rotatable bonds is 4. The third kappa shape index (κ3) is 2.57. The van der Waals surface area contributed by atoms with Gasteiger partial charge in [0.15, 0.2) is 5.76 Å². The molecular formula is C18H19Cl2NO4. The van der Waals surface area contributed by atoms with Gasteiger partial charge in [-0.15, -0.1) is 0 Å². The molecule has 1 aliphatic heterocycles. The van der Waals surface area contributed by atoms with Crippen molar-refractivity contribution in [1.82, 2.24) is 5.32 Å². The third-order valence-corrected chi connectivity index (χ3v) is 6.24. The van der Waals surface area contributed by atoms with Crippen LogP contribution in [-0.2, 0) is 16.0 Å². The lowest BCUT2D eigenvalue weighted by Gasteiger charge is -2.31. The van der Waals surface area contributed by atoms with Crippen LogP contribution < -0.4 is 5.32 Å². The standard InChI is InChI=1S/C18H19Cl2NO4/c1-3-5-18(4-2)7-8-6-9(11-14(22)17(25)21-16(11)24)12(19)13(20)10(8)15(18)23/h6,15,23H,3-5,7H2,1-2H3,(H2,21,22,24,25). The summed E-state index contributed by atoms with van der Waals surface area (Å²) in [5.74, 6) is -2.24. The van der Waals surface area contributed by atoms with Crippen molar-refractivity contribution in [3.8, 4) is 0 Å². The fraction of sp³-hybridized carbons (Fsp3) is 0.444. The second-order valence-corrected chi connectivity index (χ2v) is 7.43. The summed E-state index contributed by atoms with van der Waals surface area (Å²) in [5, 5.41) is 23.1. The molecule has 2 unspecified atom stereocenters. The molecule has 2 atom stereocenters. The van der Waals surface area contributed by atoms with Gasteiger partial charge >= 0.3 is 0 Å². The minimum absolute atomic E-state index is 0.0502. The van der Waals surface area contributed by atoms with Crippen LogP contribution in [0.4, 0.5) is 0 Å². The Kier molecular flexibility index (Phi) is 4.60. The van der Waals surface area contributed by atoms with Crippen LogP contribution in [0.1, 0.15) is 55.9 Å². The molecule has 3 rings (SSSR count). The molecule has 7 heteroatoms. The van der Waals surface area contributed by atoms with Crippen LogP contribution in [0.15, 0.2) is 11.8 Å². The van der Waals surface area contributed by atoms with Gasteiger partial charge in [-0.05, 0) is 30.9 Å². The summed E-state index contributed by atoms with van der Waals surface area (Å²) in [7, 11) is 0. The Morgan fingerprint density at radius 1 is 1.24 bits per heavy atom. The molecule has 2 aliphatic rings. The Morgan fingerprint density at radius 3 is 2.44 bits per heavy atom. The Balaban J connectivity index is 2.18. The fourth-order valence-corrected chi connectivity index (χ4v) is 4.59. The SMILES string of the molecule is CCCC1(CC)Cc2cc(C3=C(O)C(=O)NC3=O)c(Cl)c(Cl)c2C1O. The number of hydrogen-bond acceptors (Lipinski definition) is 4. The van der Waals surface area contributed by atoms with E-state index in [0.29, 0.717) is 12.0 Å². The van der Waals surface area contributed by atoms with Crippen LogP contribution in [0.3, 0.4) is 0 Å². The van der Waals surface area contributed by atoms with Gasteiger partial charge < -0.3 is 10.2 Å². The number of hydrogen-bond donors (Lipinski definition) is 3. The molecule has 0 radical (unpaired) electrons. The van der Waals surface area contributed by atoms with Crippen molar-refractivity contribution in [1.29, 1.82) is 0 Å². The molecule has 0 saturated carbocycles. The van der Waals surface area contributed by atoms with E-state index in [1.165, 1.54) is 0 Å². The maximum atomic E-state index is 12.0. The summed E-state index contributed by atoms with van der Waals surface area (Å²) in [6.45, 7) is 4.09. The molecule has 0 saturated heterocycles. The van der Waals surface area contributed by atoms with Gasteiger partial charge in [0.05, 0.1) is 21.7 Å². The van der Waals surface area contributed by atoms with Crippen molar-refractivity contribution in [2.24, 2.45) is 5.41 Å². The zero-order chi connectivity index (χ0) is 18.5. The average Bonchev–Trinajstić information content (AvgIpc) is 2.98. The number of amides is 2. The highest BCUT2D eigenvalue weighted by molar-refractivity contribution is 6.46. The first-order valence-corrected chi connectivity index (χ1v) is 9.01. The van der Waals surface area contributed by atoms with Gasteiger partial charge in [0.2, 0.25) is 0 Å². The summed E-state index contributed by atoms with van der Waals surface area (Å²) < 4.78 is 0. The van der Waals surface area contributed by atoms with Gasteiger partial charge in [-0.3, -0.25) is 14.9 Å². The number of aliphatic hydroxyl groups is 2. The number of imide groups is 1. The summed E-state index contributed by atoms with van der Waals surface area (Å²) in [6, 6.07) is 1.66. The van der Waals surface area contributed by atoms with Crippen LogP contribution in [0.5, 0.6) is 0 Å². The van der Waals surface area contributed by atoms with E-state index in [4.69, 9.17) is 23.2 Å². The molecule has 25 heavy (non-hydrogen) atoms. The van der Waals surface area contributed by atoms with E-state index in [9.17, 15) is 19.8 Å². The molecule has 1 heterocycles. The zero-order valence-electron chi connectivity index (χ0n) is 13.9. The minimum atomic E-state index is -0.860. The number of benzene rings is 1. The first-order valence-electron chi connectivity index (χ1n) is 8.25. The lowest BCUT2D eigenvalue weighted by molar-refractivity contribution is -0.124. The van der Waals surface area contributed by atoms with Gasteiger partial charge in [0.1, 0.15) is 0 Å². The van der Waals surface area contributed by atoms with Crippen molar-refractivity contribution in [2.75, 3.05) is 0 Å². The number of nitrogens with one attached hydrogen (secondary N) is 1. The number of carbonyl (C=O) groups excluding carboxylic acids is 2. The Labute approximate surface area is 155 Å². The minimum Gasteiger partial charge on any atom is -0.502 e. The zero-order valence-corrected chi connectivity index (χ0v) is 15.5. The van der Waals surface area contributed by atoms with E-state index in [0.717, 1.165) is 24.8 Å². The maximum Gasteiger partial charge on any atom is 0.293 e. The molecule has 1 aromatic rings. The molecule has 0 spiro atoms. The van der Waals surface area contributed by atoms with Crippen molar-refractivity contribution < 1.29 is 19.8 Å². The number of carbonyl (C=O) groups is 2. The van der Waals surface area contributed by atoms with Crippen LogP contribution >= 0.6 is 23.2 Å². The highest BCUT2D eigenvalue weighted by Crippen LogP contribution is 2.55. The highest BCUT2D eigenvalue weighted by Gasteiger charge is 2.46. The monoisotopic (exact) mass is 383 g/mol. The van der Waals surface area contributed by atoms with Crippen molar-refractivity contribution in [3.05, 3.63) is 38.6 Å². The summed E-state index contributed by atoms with van der Waals surface area (Å²) >= 11 is 12.8. The summed E-state index contributed by atoms with van der Waals surface area (Å²) in [4.78, 5) is 23.5. The van der Waals surface area contributed by atoms with Gasteiger partial charge in [-0.2, -0.15) is 0 Å². The van der Waals surface area contributed by atoms with Gasteiger partial charge in [0.25, 0.3) is 11.8 Å². The maximum absolute atomic E-state index is 12.0. The van der Waals surface area contributed by atoms with E-state index in [1.54, 1.807) is 6.07 Å². The predicted octanol–water partition coefficient (Wildman–Crippen LogP) is 3.70. The fourth-order valence-electron chi connectivity index (χ4n) is 4.01. The first kappa shape index (κ1) is 18.2. The molecular weight excluding hydrogens is 365 g/mol. The summed E-state index contributed by atoms with van der Waals surface area (Å²) in [6.07, 6.45) is 2.37. The predicted molar refractivity (Wildman–Crippen MR) is 95.5 cm³/mol. The molecule has 3 N–H and O–H groups in total. The van der Waals surface area contributed by atoms with Gasteiger partial charge in [-0.25, -0.2) is 0 Å². The van der Waals surface area contributed by atoms with Gasteiger partial charge in [0, 0.05) is 16.5 Å². The van der Waals surface area contributed by atoms with E-state index < -0.39 is 23.7 Å². The van der Waals surface area contributed by atoms with E-state index in [2.05, 4.69) is 6.92 Å². The lowest BCUT2D eigenvalue weighted by atomic mass is 9.76. The molecule has 0 fully saturated rings. The number of fused-ring (bicyclic) bond motifs is 1. The molecule has 5 nitrogen and oxygen atoms in total. The van der Waals surface area contributed by atoms with Crippen LogP contribution in [0.2, 0.25) is 10.0 Å². The summed E-state index contributed by atoms with van der Waals surface area (Å²) in [5.41, 5.74) is 1.07. The van der Waals surface area contributed by atoms with E-state index >= 15 is 0 Å². The molecule has 0 bridgehead atoms. The van der Waals surface area contributed by atoms with Gasteiger partial charge in [-0.1, -0.05) is 43.5 Å². The number of halogens is 2. The Morgan fingerprint density at radius 2 is 1.92 bits per heavy atom. The molecule has 134 valence electrons. The van der Waals surface area contributed by atoms with E-state index in [1.807, 2.05) is 12.2 Å². The normalized spacial score (nSPS) is 25.6. The van der Waals surface area contributed by atoms with Crippen molar-refractivity contribution in [3.63, 3.8) is 0 Å². The lowest BCUT2D eigenvalue weighted by Crippen LogP contribution is -2.25. The molecule has 2 amide bonds. The van der Waals surface area contributed by atoms with E-state index in [-0.39, 0.29) is 26.6 Å². The van der Waals surface area contributed by atoms with Crippen molar-refractivity contribution >= 4 is 40.6 Å². The third-order valence-electron chi connectivity index (χ3n) is 5.35. The number of aliphatic hydroxyl groups excluding tert-OH is 2. The first-order chi connectivity index (χ1) is 11.8. The second-order valence-electron chi connectivity index (χ2n) is 6.68. The largest absolute Gasteiger partial charge is 0.502 e. The Bertz CT molecular complexity index is 818. The smallest absolute Gasteiger partial charge is 0.293 e. The molecule has 0 aromatic heterocycles. The Hall–Kier alpha value is -1.56. The quantitative estimate of drug-likeness (QED) is 0.691. The molecule has 1 aromatic carbocycles. The van der Waals surface area contributed by atoms with Crippen LogP contribution in [0.25, 0.3) is 5.57 Å². The average molecular weight is 384 g/mol. The van der Waals surface area contributed by atoms with Crippen LogP contribution in [-0.4, -0.2) is 22.0 Å². The van der Waals surface area contributed by atoms with Crippen LogP contribution in [0, 0.1) is 5.41 Å². The topological polar surface area (TPSA) is 86.6 Å². The highest BCUT2D eigenvalue weighted by atomic mass is 35.5. The second kappa shape index (κ2) is 6.31. The van der Waals surface area contributed by atoms with Crippen molar-refractivity contribution in [2.45, 2.75) is 45.6 Å². The molecule has 1 aliphatic carbocycles.